The van der Waals surface area contributed by atoms with Gasteiger partial charge >= 0.3 is 6.09 Å². The first kappa shape index (κ1) is 33.5. The van der Waals surface area contributed by atoms with Gasteiger partial charge in [0.2, 0.25) is 11.7 Å². The molecule has 3 atom stereocenters. The van der Waals surface area contributed by atoms with Crippen LogP contribution in [0.3, 0.4) is 0 Å². The number of anilines is 1. The zero-order valence-electron chi connectivity index (χ0n) is 29.4. The Labute approximate surface area is 284 Å². The van der Waals surface area contributed by atoms with Crippen molar-refractivity contribution in [2.75, 3.05) is 51.3 Å². The van der Waals surface area contributed by atoms with Crippen LogP contribution in [0, 0.1) is 5.41 Å². The molecule has 0 unspecified atom stereocenters. The second-order valence-corrected chi connectivity index (χ2v) is 15.9. The minimum atomic E-state index is -0.930. The SMILES string of the molecule is C[C@H](Oc1cc(N2CCN(C(=O)OC(C)(C)C)C3(CC3)C2)nc(/C(O)=C2\CCC[C@@]3(CCCCC34OCCO4)C2=O)n1)[C@@H]1CCCN1C. The van der Waals surface area contributed by atoms with Gasteiger partial charge in [-0.25, -0.2) is 9.78 Å². The van der Waals surface area contributed by atoms with Gasteiger partial charge < -0.3 is 29.0 Å². The van der Waals surface area contributed by atoms with Crippen LogP contribution in [0.1, 0.15) is 104 Å². The molecule has 1 aromatic heterocycles. The average molecular weight is 668 g/mol. The number of aliphatic hydroxyl groups excluding tert-OH is 1. The van der Waals surface area contributed by atoms with Gasteiger partial charge in [-0.1, -0.05) is 6.42 Å². The Balaban J connectivity index is 1.22. The average Bonchev–Trinajstić information content (AvgIpc) is 3.40. The maximum atomic E-state index is 14.5. The van der Waals surface area contributed by atoms with E-state index in [-0.39, 0.29) is 41.1 Å². The Kier molecular flexibility index (Phi) is 8.68. The molecule has 1 aromatic rings. The van der Waals surface area contributed by atoms with Crippen molar-refractivity contribution in [2.45, 2.75) is 127 Å². The number of ether oxygens (including phenoxy) is 4. The molecule has 12 heteroatoms. The van der Waals surface area contributed by atoms with Crippen LogP contribution in [0.15, 0.2) is 11.6 Å². The van der Waals surface area contributed by atoms with Crippen LogP contribution in [-0.2, 0) is 19.0 Å². The molecular formula is C36H53N5O7. The number of allylic oxidation sites excluding steroid dienone is 1. The van der Waals surface area contributed by atoms with Crippen LogP contribution in [-0.4, -0.2) is 112 Å². The van der Waals surface area contributed by atoms with Crippen molar-refractivity contribution in [1.29, 1.82) is 0 Å². The first-order chi connectivity index (χ1) is 22.9. The number of aromatic nitrogens is 2. The quantitative estimate of drug-likeness (QED) is 0.327. The molecule has 1 N–H and O–H groups in total. The monoisotopic (exact) mass is 667 g/mol. The Bertz CT molecular complexity index is 1440. The number of hydrogen-bond acceptors (Lipinski definition) is 11. The highest BCUT2D eigenvalue weighted by Gasteiger charge is 2.62. The highest BCUT2D eigenvalue weighted by Crippen LogP contribution is 2.56. The van der Waals surface area contributed by atoms with Crippen LogP contribution in [0.5, 0.6) is 5.88 Å². The molecule has 6 fully saturated rings. The van der Waals surface area contributed by atoms with E-state index >= 15 is 0 Å². The molecule has 0 aromatic carbocycles. The van der Waals surface area contributed by atoms with Crippen molar-refractivity contribution in [3.05, 3.63) is 17.5 Å². The van der Waals surface area contributed by atoms with Crippen molar-refractivity contribution in [3.63, 3.8) is 0 Å². The highest BCUT2D eigenvalue weighted by molar-refractivity contribution is 6.06. The number of nitrogens with zero attached hydrogens (tertiary/aromatic N) is 5. The predicted molar refractivity (Wildman–Crippen MR) is 179 cm³/mol. The largest absolute Gasteiger partial charge is 0.504 e. The number of hydrogen-bond donors (Lipinski definition) is 1. The summed E-state index contributed by atoms with van der Waals surface area (Å²) in [6.45, 7) is 11.3. The van der Waals surface area contributed by atoms with Gasteiger partial charge in [0.15, 0.2) is 17.3 Å². The zero-order chi connectivity index (χ0) is 33.9. The number of rotatable bonds is 5. The molecule has 3 aliphatic heterocycles. The predicted octanol–water partition coefficient (Wildman–Crippen LogP) is 5.25. The third-order valence-electron chi connectivity index (χ3n) is 11.6. The number of ketones is 1. The van der Waals surface area contributed by atoms with E-state index in [1.807, 2.05) is 31.7 Å². The lowest BCUT2D eigenvalue weighted by Gasteiger charge is -2.50. The molecule has 264 valence electrons. The Morgan fingerprint density at radius 3 is 2.44 bits per heavy atom. The molecule has 4 heterocycles. The summed E-state index contributed by atoms with van der Waals surface area (Å²) >= 11 is 0. The molecule has 6 aliphatic rings. The van der Waals surface area contributed by atoms with E-state index in [0.29, 0.717) is 75.8 Å². The maximum Gasteiger partial charge on any atom is 0.410 e. The molecule has 0 bridgehead atoms. The number of aliphatic hydroxyl groups is 1. The van der Waals surface area contributed by atoms with Gasteiger partial charge in [-0.3, -0.25) is 14.6 Å². The summed E-state index contributed by atoms with van der Waals surface area (Å²) in [7, 11) is 2.12. The number of likely N-dealkylation sites (tertiary alicyclic amines) is 1. The van der Waals surface area contributed by atoms with E-state index in [0.717, 1.165) is 51.5 Å². The summed E-state index contributed by atoms with van der Waals surface area (Å²) < 4.78 is 24.7. The van der Waals surface area contributed by atoms with Crippen LogP contribution < -0.4 is 9.64 Å². The minimum absolute atomic E-state index is 0.0902. The van der Waals surface area contributed by atoms with Gasteiger partial charge in [-0.05, 0) is 99.1 Å². The molecule has 12 nitrogen and oxygen atoms in total. The van der Waals surface area contributed by atoms with E-state index in [9.17, 15) is 14.7 Å². The topological polar surface area (TPSA) is 127 Å². The number of amides is 1. The fraction of sp³-hybridized carbons (Fsp3) is 0.778. The lowest BCUT2D eigenvalue weighted by molar-refractivity contribution is -0.251. The van der Waals surface area contributed by atoms with E-state index in [1.165, 1.54) is 0 Å². The second-order valence-electron chi connectivity index (χ2n) is 15.9. The maximum absolute atomic E-state index is 14.5. The third kappa shape index (κ3) is 5.95. The summed E-state index contributed by atoms with van der Waals surface area (Å²) in [5.41, 5.74) is -1.37. The summed E-state index contributed by atoms with van der Waals surface area (Å²) in [6, 6.07) is 2.09. The van der Waals surface area contributed by atoms with Crippen molar-refractivity contribution < 1.29 is 33.6 Å². The Morgan fingerprint density at radius 2 is 1.75 bits per heavy atom. The molecule has 3 aliphatic carbocycles. The van der Waals surface area contributed by atoms with Gasteiger partial charge in [0.05, 0.1) is 24.2 Å². The van der Waals surface area contributed by atoms with E-state index in [2.05, 4.69) is 23.8 Å². The fourth-order valence-electron chi connectivity index (χ4n) is 9.02. The molecule has 0 radical (unpaired) electrons. The zero-order valence-corrected chi connectivity index (χ0v) is 29.4. The second kappa shape index (κ2) is 12.4. The van der Waals surface area contributed by atoms with Crippen LogP contribution in [0.2, 0.25) is 0 Å². The molecule has 3 saturated carbocycles. The fourth-order valence-corrected chi connectivity index (χ4v) is 9.02. The van der Waals surface area contributed by atoms with Crippen LogP contribution >= 0.6 is 0 Å². The van der Waals surface area contributed by atoms with Crippen molar-refractivity contribution in [3.8, 4) is 5.88 Å². The molecular weight excluding hydrogens is 614 g/mol. The smallest absolute Gasteiger partial charge is 0.410 e. The molecule has 3 saturated heterocycles. The minimum Gasteiger partial charge on any atom is -0.504 e. The van der Waals surface area contributed by atoms with E-state index < -0.39 is 16.8 Å². The number of likely N-dealkylation sites (N-methyl/N-ethyl adjacent to an activating group) is 1. The summed E-state index contributed by atoms with van der Waals surface area (Å²) in [5, 5.41) is 11.9. The summed E-state index contributed by atoms with van der Waals surface area (Å²) in [4.78, 5) is 43.6. The number of fused-ring (bicyclic) bond motifs is 1. The van der Waals surface area contributed by atoms with Crippen LogP contribution in [0.25, 0.3) is 5.76 Å². The molecule has 48 heavy (non-hydrogen) atoms. The summed E-state index contributed by atoms with van der Waals surface area (Å²) in [6.07, 6.45) is 8.57. The van der Waals surface area contributed by atoms with Gasteiger partial charge in [0, 0.05) is 43.7 Å². The third-order valence-corrected chi connectivity index (χ3v) is 11.6. The van der Waals surface area contributed by atoms with Gasteiger partial charge in [-0.2, -0.15) is 4.98 Å². The first-order valence-electron chi connectivity index (χ1n) is 18.1. The lowest BCUT2D eigenvalue weighted by Crippen LogP contribution is -2.58. The van der Waals surface area contributed by atoms with E-state index in [1.54, 1.807) is 0 Å². The van der Waals surface area contributed by atoms with Gasteiger partial charge in [0.25, 0.3) is 0 Å². The molecule has 3 spiro atoms. The number of Topliss-reactive ketones (excluding diaryl/α,β-unsaturated/α-hetero) is 1. The van der Waals surface area contributed by atoms with Crippen molar-refractivity contribution in [2.24, 2.45) is 5.41 Å². The number of piperazine rings is 1. The van der Waals surface area contributed by atoms with Crippen molar-refractivity contribution in [1.82, 2.24) is 19.8 Å². The Hall–Kier alpha value is -2.96. The van der Waals surface area contributed by atoms with Crippen molar-refractivity contribution >= 4 is 23.5 Å². The molecule has 1 amide bonds. The first-order valence-corrected chi connectivity index (χ1v) is 18.1. The molecule has 7 rings (SSSR count). The number of carbonyl (C=O) groups is 2. The lowest BCUT2D eigenvalue weighted by atomic mass is 9.59. The Morgan fingerprint density at radius 1 is 1.02 bits per heavy atom. The van der Waals surface area contributed by atoms with E-state index in [4.69, 9.17) is 28.9 Å². The standard InChI is InChI=1S/C36H53N5O7/c1-24(26-11-9-17-39(26)5)47-28-22-27(40-18-19-41(34(23-40)15-16-34)32(44)48-33(2,3)4)37-31(38-28)29(42)25-10-8-13-35(30(25)43)12-6-7-14-36(35)45-20-21-46-36/h22,24,26,42H,6-21,23H2,1-5H3/b29-25-/t24-,26-,35-/m0/s1. The number of carbonyl (C=O) groups excluding carboxylic acids is 2. The summed E-state index contributed by atoms with van der Waals surface area (Å²) in [5.74, 6) is -0.160. The van der Waals surface area contributed by atoms with Gasteiger partial charge in [0.1, 0.15) is 17.5 Å². The van der Waals surface area contributed by atoms with Crippen LogP contribution in [0.4, 0.5) is 10.6 Å². The highest BCUT2D eigenvalue weighted by atomic mass is 16.7. The normalized spacial score (nSPS) is 30.3. The van der Waals surface area contributed by atoms with Gasteiger partial charge in [-0.15, -0.1) is 0 Å².